The fourth-order valence-corrected chi connectivity index (χ4v) is 1.95. The van der Waals surface area contributed by atoms with Gasteiger partial charge < -0.3 is 0 Å². The number of tetrazole rings is 1. The first-order valence-corrected chi connectivity index (χ1v) is 4.24. The Kier molecular flexibility index (Phi) is 0.991. The summed E-state index contributed by atoms with van der Waals surface area (Å²) in [7, 11) is 0. The number of nitrogens with zero attached hydrogens (tertiary/aromatic N) is 5. The van der Waals surface area contributed by atoms with Crippen molar-refractivity contribution in [1.82, 2.24) is 25.3 Å². The highest BCUT2D eigenvalue weighted by Crippen LogP contribution is 2.21. The van der Waals surface area contributed by atoms with Gasteiger partial charge in [-0.2, -0.15) is 5.10 Å². The maximum atomic E-state index is 4.03. The summed E-state index contributed by atoms with van der Waals surface area (Å²) in [6, 6.07) is 2.00. The number of hydrogen-bond acceptors (Lipinski definition) is 5. The van der Waals surface area contributed by atoms with Gasteiger partial charge >= 0.3 is 0 Å². The van der Waals surface area contributed by atoms with E-state index in [1.165, 1.54) is 4.63 Å². The Balaban J connectivity index is 2.71. The standard InChI is InChI=1S/C6H3N5S/c1-2-12-5-4(1)3-7-11-6(5)8-9-10-11/h1-3H. The first-order valence-electron chi connectivity index (χ1n) is 3.36. The van der Waals surface area contributed by atoms with Crippen molar-refractivity contribution < 1.29 is 0 Å². The molecule has 3 rings (SSSR count). The zero-order valence-corrected chi connectivity index (χ0v) is 6.69. The van der Waals surface area contributed by atoms with Crippen LogP contribution in [0.1, 0.15) is 0 Å². The topological polar surface area (TPSA) is 56.0 Å². The Morgan fingerprint density at radius 2 is 2.42 bits per heavy atom. The molecule has 0 saturated heterocycles. The molecule has 0 aliphatic carbocycles. The molecule has 0 atom stereocenters. The van der Waals surface area contributed by atoms with Crippen LogP contribution in [-0.2, 0) is 0 Å². The van der Waals surface area contributed by atoms with Gasteiger partial charge in [0.15, 0.2) is 0 Å². The average Bonchev–Trinajstić information content (AvgIpc) is 2.71. The smallest absolute Gasteiger partial charge is 0.155 e. The summed E-state index contributed by atoms with van der Waals surface area (Å²) in [6.07, 6.45) is 1.76. The summed E-state index contributed by atoms with van der Waals surface area (Å²) in [5.74, 6) is 0. The third kappa shape index (κ3) is 0.620. The van der Waals surface area contributed by atoms with Crippen molar-refractivity contribution in [2.45, 2.75) is 0 Å². The Bertz CT molecular complexity index is 489. The van der Waals surface area contributed by atoms with Crippen molar-refractivity contribution in [3.05, 3.63) is 17.6 Å². The third-order valence-electron chi connectivity index (χ3n) is 1.66. The first kappa shape index (κ1) is 6.01. The fourth-order valence-electron chi connectivity index (χ4n) is 1.12. The number of fused-ring (bicyclic) bond motifs is 3. The van der Waals surface area contributed by atoms with Crippen molar-refractivity contribution in [2.75, 3.05) is 0 Å². The molecular formula is C6H3N5S. The van der Waals surface area contributed by atoms with E-state index >= 15 is 0 Å². The average molecular weight is 177 g/mol. The summed E-state index contributed by atoms with van der Waals surface area (Å²) >= 11 is 1.62. The minimum Gasteiger partial charge on any atom is -0.155 e. The SMILES string of the molecule is c1cc2cnn3nnnc3c2s1. The van der Waals surface area contributed by atoms with E-state index in [2.05, 4.69) is 20.6 Å². The summed E-state index contributed by atoms with van der Waals surface area (Å²) in [5.41, 5.74) is 0.725. The molecule has 3 heterocycles. The van der Waals surface area contributed by atoms with Crippen molar-refractivity contribution in [3.8, 4) is 0 Å². The van der Waals surface area contributed by atoms with Gasteiger partial charge in [0.25, 0.3) is 0 Å². The highest BCUT2D eigenvalue weighted by Gasteiger charge is 2.04. The van der Waals surface area contributed by atoms with E-state index in [0.29, 0.717) is 0 Å². The molecule has 0 radical (unpaired) electrons. The minimum absolute atomic E-state index is 0.725. The summed E-state index contributed by atoms with van der Waals surface area (Å²) in [4.78, 5) is 0. The summed E-state index contributed by atoms with van der Waals surface area (Å²) < 4.78 is 2.51. The molecule has 0 bridgehead atoms. The van der Waals surface area contributed by atoms with Crippen LogP contribution in [0.2, 0.25) is 0 Å². The van der Waals surface area contributed by atoms with E-state index in [1.54, 1.807) is 17.5 Å². The number of hydrogen-bond donors (Lipinski definition) is 0. The van der Waals surface area contributed by atoms with Gasteiger partial charge in [-0.05, 0) is 21.9 Å². The number of rotatable bonds is 0. The maximum Gasteiger partial charge on any atom is 0.217 e. The fraction of sp³-hybridized carbons (Fsp3) is 0. The van der Waals surface area contributed by atoms with Crippen LogP contribution in [0.3, 0.4) is 0 Å². The predicted molar refractivity (Wildman–Crippen MR) is 44.0 cm³/mol. The van der Waals surface area contributed by atoms with Crippen molar-refractivity contribution >= 4 is 27.1 Å². The monoisotopic (exact) mass is 177 g/mol. The van der Waals surface area contributed by atoms with Crippen LogP contribution >= 0.6 is 11.3 Å². The quantitative estimate of drug-likeness (QED) is 0.508. The van der Waals surface area contributed by atoms with Gasteiger partial charge in [0, 0.05) is 5.39 Å². The zero-order chi connectivity index (χ0) is 7.97. The lowest BCUT2D eigenvalue weighted by Crippen LogP contribution is -1.91. The molecule has 0 aliphatic heterocycles. The molecule has 3 aromatic heterocycles. The Morgan fingerprint density at radius 3 is 3.42 bits per heavy atom. The molecule has 0 spiro atoms. The highest BCUT2D eigenvalue weighted by atomic mass is 32.1. The van der Waals surface area contributed by atoms with Gasteiger partial charge in [-0.25, -0.2) is 0 Å². The normalized spacial score (nSPS) is 11.3. The van der Waals surface area contributed by atoms with E-state index in [9.17, 15) is 0 Å². The number of thiophene rings is 1. The van der Waals surface area contributed by atoms with Crippen LogP contribution in [0.15, 0.2) is 17.6 Å². The van der Waals surface area contributed by atoms with E-state index in [1.807, 2.05) is 11.4 Å². The van der Waals surface area contributed by atoms with Crippen LogP contribution in [0.4, 0.5) is 0 Å². The second-order valence-electron chi connectivity index (χ2n) is 2.34. The molecule has 0 saturated carbocycles. The molecule has 58 valence electrons. The molecule has 0 aliphatic rings. The number of aromatic nitrogens is 5. The summed E-state index contributed by atoms with van der Waals surface area (Å²) in [6.45, 7) is 0. The van der Waals surface area contributed by atoms with Crippen LogP contribution in [0.25, 0.3) is 15.7 Å². The molecule has 5 nitrogen and oxygen atoms in total. The van der Waals surface area contributed by atoms with Crippen molar-refractivity contribution in [3.63, 3.8) is 0 Å². The molecule has 12 heavy (non-hydrogen) atoms. The zero-order valence-electron chi connectivity index (χ0n) is 5.88. The van der Waals surface area contributed by atoms with Crippen LogP contribution in [0, 0.1) is 0 Å². The van der Waals surface area contributed by atoms with Crippen LogP contribution < -0.4 is 0 Å². The van der Waals surface area contributed by atoms with E-state index in [0.717, 1.165) is 15.7 Å². The Labute approximate surface area is 70.6 Å². The largest absolute Gasteiger partial charge is 0.217 e. The first-order chi connectivity index (χ1) is 5.95. The molecule has 6 heteroatoms. The predicted octanol–water partition coefficient (Wildman–Crippen LogP) is 0.734. The Hall–Kier alpha value is -1.56. The van der Waals surface area contributed by atoms with Gasteiger partial charge in [-0.1, -0.05) is 0 Å². The van der Waals surface area contributed by atoms with E-state index in [-0.39, 0.29) is 0 Å². The lowest BCUT2D eigenvalue weighted by atomic mass is 10.4. The summed E-state index contributed by atoms with van der Waals surface area (Å²) in [5, 5.41) is 18.2. The maximum absolute atomic E-state index is 4.03. The van der Waals surface area contributed by atoms with Gasteiger partial charge in [0.2, 0.25) is 5.65 Å². The van der Waals surface area contributed by atoms with Crippen molar-refractivity contribution in [2.24, 2.45) is 0 Å². The van der Waals surface area contributed by atoms with Crippen molar-refractivity contribution in [1.29, 1.82) is 0 Å². The molecule has 3 aromatic rings. The minimum atomic E-state index is 0.725. The van der Waals surface area contributed by atoms with Crippen LogP contribution in [-0.4, -0.2) is 25.3 Å². The lowest BCUT2D eigenvalue weighted by Gasteiger charge is -1.88. The van der Waals surface area contributed by atoms with Gasteiger partial charge in [0.05, 0.1) is 10.9 Å². The molecule has 0 unspecified atom stereocenters. The Morgan fingerprint density at radius 1 is 1.42 bits per heavy atom. The van der Waals surface area contributed by atoms with E-state index in [4.69, 9.17) is 0 Å². The van der Waals surface area contributed by atoms with Gasteiger partial charge in [-0.15, -0.1) is 21.1 Å². The molecule has 0 fully saturated rings. The van der Waals surface area contributed by atoms with E-state index < -0.39 is 0 Å². The third-order valence-corrected chi connectivity index (χ3v) is 2.58. The highest BCUT2D eigenvalue weighted by molar-refractivity contribution is 7.18. The second kappa shape index (κ2) is 1.98. The molecule has 0 aromatic carbocycles. The molecular weight excluding hydrogens is 174 g/mol. The lowest BCUT2D eigenvalue weighted by molar-refractivity contribution is 0.736. The van der Waals surface area contributed by atoms with Gasteiger partial charge in [-0.3, -0.25) is 0 Å². The molecule has 0 N–H and O–H groups in total. The van der Waals surface area contributed by atoms with Crippen LogP contribution in [0.5, 0.6) is 0 Å². The second-order valence-corrected chi connectivity index (χ2v) is 3.26. The van der Waals surface area contributed by atoms with Gasteiger partial charge in [0.1, 0.15) is 0 Å². The molecule has 0 amide bonds.